The van der Waals surface area contributed by atoms with Crippen LogP contribution in [0.15, 0.2) is 24.3 Å². The first-order valence-corrected chi connectivity index (χ1v) is 7.69. The molecule has 0 spiro atoms. The maximum absolute atomic E-state index is 6.35. The van der Waals surface area contributed by atoms with E-state index >= 15 is 0 Å². The number of hydrogen-bond donors (Lipinski definition) is 1. The van der Waals surface area contributed by atoms with Gasteiger partial charge in [0.2, 0.25) is 0 Å². The smallest absolute Gasteiger partial charge is 0.119 e. The Labute approximate surface area is 118 Å². The highest BCUT2D eigenvalue weighted by molar-refractivity contribution is 5.30. The van der Waals surface area contributed by atoms with E-state index in [-0.39, 0.29) is 6.04 Å². The second-order valence-electron chi connectivity index (χ2n) is 5.26. The summed E-state index contributed by atoms with van der Waals surface area (Å²) in [7, 11) is 0. The fraction of sp³-hybridized carbons (Fsp3) is 0.647. The van der Waals surface area contributed by atoms with E-state index in [1.807, 2.05) is 19.1 Å². The van der Waals surface area contributed by atoms with Crippen LogP contribution in [-0.4, -0.2) is 6.61 Å². The fourth-order valence-electron chi connectivity index (χ4n) is 2.48. The van der Waals surface area contributed by atoms with Crippen molar-refractivity contribution in [3.05, 3.63) is 29.8 Å². The fourth-order valence-corrected chi connectivity index (χ4v) is 2.48. The van der Waals surface area contributed by atoms with E-state index in [4.69, 9.17) is 10.5 Å². The van der Waals surface area contributed by atoms with E-state index in [2.05, 4.69) is 26.0 Å². The molecule has 19 heavy (non-hydrogen) atoms. The van der Waals surface area contributed by atoms with Crippen LogP contribution in [-0.2, 0) is 0 Å². The maximum Gasteiger partial charge on any atom is 0.119 e. The zero-order valence-electron chi connectivity index (χ0n) is 12.7. The molecule has 0 bridgehead atoms. The van der Waals surface area contributed by atoms with E-state index in [1.165, 1.54) is 31.2 Å². The van der Waals surface area contributed by atoms with Crippen LogP contribution in [0.4, 0.5) is 0 Å². The largest absolute Gasteiger partial charge is 0.494 e. The Bertz CT molecular complexity index is 351. The first-order chi connectivity index (χ1) is 9.21. The standard InChI is InChI=1S/C17H29NO/c1-4-7-9-14(5-2)12-17(18)15-10-8-11-16(13-15)19-6-3/h8,10-11,13-14,17H,4-7,9,12,18H2,1-3H3. The lowest BCUT2D eigenvalue weighted by molar-refractivity contribution is 0.338. The molecule has 0 aromatic heterocycles. The number of hydrogen-bond acceptors (Lipinski definition) is 2. The van der Waals surface area contributed by atoms with Crippen LogP contribution in [0, 0.1) is 5.92 Å². The van der Waals surface area contributed by atoms with Gasteiger partial charge in [-0.2, -0.15) is 0 Å². The lowest BCUT2D eigenvalue weighted by atomic mass is 9.89. The first-order valence-electron chi connectivity index (χ1n) is 7.69. The van der Waals surface area contributed by atoms with Crippen molar-refractivity contribution in [2.24, 2.45) is 11.7 Å². The summed E-state index contributed by atoms with van der Waals surface area (Å²) in [4.78, 5) is 0. The van der Waals surface area contributed by atoms with Gasteiger partial charge in [0.1, 0.15) is 5.75 Å². The van der Waals surface area contributed by atoms with Crippen molar-refractivity contribution >= 4 is 0 Å². The zero-order valence-corrected chi connectivity index (χ0v) is 12.7. The maximum atomic E-state index is 6.35. The van der Waals surface area contributed by atoms with Gasteiger partial charge >= 0.3 is 0 Å². The summed E-state index contributed by atoms with van der Waals surface area (Å²) < 4.78 is 5.54. The van der Waals surface area contributed by atoms with E-state index in [0.29, 0.717) is 6.61 Å². The summed E-state index contributed by atoms with van der Waals surface area (Å²) in [6.45, 7) is 7.22. The predicted octanol–water partition coefficient (Wildman–Crippen LogP) is 4.69. The molecule has 0 aliphatic heterocycles. The second kappa shape index (κ2) is 8.98. The Morgan fingerprint density at radius 1 is 1.21 bits per heavy atom. The number of unbranched alkanes of at least 4 members (excludes halogenated alkanes) is 1. The van der Waals surface area contributed by atoms with Crippen LogP contribution < -0.4 is 10.5 Å². The normalized spacial score (nSPS) is 14.1. The van der Waals surface area contributed by atoms with Crippen LogP contribution in [0.1, 0.15) is 64.5 Å². The van der Waals surface area contributed by atoms with Gasteiger partial charge in [0.05, 0.1) is 6.61 Å². The van der Waals surface area contributed by atoms with E-state index < -0.39 is 0 Å². The van der Waals surface area contributed by atoms with Gasteiger partial charge in [0.15, 0.2) is 0 Å². The molecule has 2 unspecified atom stereocenters. The van der Waals surface area contributed by atoms with Crippen LogP contribution in [0.2, 0.25) is 0 Å². The van der Waals surface area contributed by atoms with Crippen LogP contribution in [0.3, 0.4) is 0 Å². The molecule has 2 heteroatoms. The van der Waals surface area contributed by atoms with Crippen molar-refractivity contribution in [1.29, 1.82) is 0 Å². The van der Waals surface area contributed by atoms with Crippen molar-refractivity contribution in [2.75, 3.05) is 6.61 Å². The molecular formula is C17H29NO. The third kappa shape index (κ3) is 5.65. The third-order valence-electron chi connectivity index (χ3n) is 3.73. The van der Waals surface area contributed by atoms with Gasteiger partial charge in [0, 0.05) is 6.04 Å². The van der Waals surface area contributed by atoms with Gasteiger partial charge in [-0.1, -0.05) is 51.7 Å². The number of ether oxygens (including phenoxy) is 1. The van der Waals surface area contributed by atoms with Gasteiger partial charge in [-0.05, 0) is 37.0 Å². The molecule has 0 saturated heterocycles. The number of rotatable bonds is 9. The molecule has 0 aliphatic rings. The van der Waals surface area contributed by atoms with E-state index in [1.54, 1.807) is 0 Å². The Hall–Kier alpha value is -1.02. The van der Waals surface area contributed by atoms with E-state index in [0.717, 1.165) is 18.1 Å². The first kappa shape index (κ1) is 16.0. The van der Waals surface area contributed by atoms with Crippen molar-refractivity contribution in [3.63, 3.8) is 0 Å². The molecule has 2 atom stereocenters. The van der Waals surface area contributed by atoms with Crippen molar-refractivity contribution in [1.82, 2.24) is 0 Å². The highest BCUT2D eigenvalue weighted by Gasteiger charge is 2.13. The summed E-state index contributed by atoms with van der Waals surface area (Å²) in [5, 5.41) is 0. The van der Waals surface area contributed by atoms with E-state index in [9.17, 15) is 0 Å². The molecule has 0 fully saturated rings. The molecule has 1 aromatic carbocycles. The van der Waals surface area contributed by atoms with Crippen molar-refractivity contribution in [3.8, 4) is 5.75 Å². The Kier molecular flexibility index (Phi) is 7.57. The lowest BCUT2D eigenvalue weighted by Gasteiger charge is -2.20. The zero-order chi connectivity index (χ0) is 14.1. The minimum Gasteiger partial charge on any atom is -0.494 e. The van der Waals surface area contributed by atoms with Crippen LogP contribution in [0.5, 0.6) is 5.75 Å². The summed E-state index contributed by atoms with van der Waals surface area (Å²) >= 11 is 0. The molecule has 0 saturated carbocycles. The summed E-state index contributed by atoms with van der Waals surface area (Å²) in [6, 6.07) is 8.35. The number of nitrogens with two attached hydrogens (primary N) is 1. The molecule has 0 amide bonds. The summed E-state index contributed by atoms with van der Waals surface area (Å²) in [5.41, 5.74) is 7.55. The highest BCUT2D eigenvalue weighted by atomic mass is 16.5. The molecule has 0 radical (unpaired) electrons. The second-order valence-corrected chi connectivity index (χ2v) is 5.26. The minimum atomic E-state index is 0.127. The monoisotopic (exact) mass is 263 g/mol. The quantitative estimate of drug-likeness (QED) is 0.701. The van der Waals surface area contributed by atoms with Crippen molar-refractivity contribution < 1.29 is 4.74 Å². The van der Waals surface area contributed by atoms with Crippen molar-refractivity contribution in [2.45, 2.75) is 58.9 Å². The molecule has 1 rings (SSSR count). The van der Waals surface area contributed by atoms with Crippen LogP contribution in [0.25, 0.3) is 0 Å². The van der Waals surface area contributed by atoms with Gasteiger partial charge < -0.3 is 10.5 Å². The predicted molar refractivity (Wildman–Crippen MR) is 82.5 cm³/mol. The highest BCUT2D eigenvalue weighted by Crippen LogP contribution is 2.26. The Balaban J connectivity index is 2.60. The molecule has 0 heterocycles. The minimum absolute atomic E-state index is 0.127. The molecule has 2 N–H and O–H groups in total. The molecule has 2 nitrogen and oxygen atoms in total. The summed E-state index contributed by atoms with van der Waals surface area (Å²) in [6.07, 6.45) is 6.17. The average Bonchev–Trinajstić information content (AvgIpc) is 2.44. The molecule has 108 valence electrons. The van der Waals surface area contributed by atoms with Gasteiger partial charge in [0.25, 0.3) is 0 Å². The van der Waals surface area contributed by atoms with Crippen LogP contribution >= 0.6 is 0 Å². The Morgan fingerprint density at radius 3 is 2.63 bits per heavy atom. The average molecular weight is 263 g/mol. The summed E-state index contributed by atoms with van der Waals surface area (Å²) in [5.74, 6) is 1.67. The molecular weight excluding hydrogens is 234 g/mol. The molecule has 0 aliphatic carbocycles. The Morgan fingerprint density at radius 2 is 2.00 bits per heavy atom. The lowest BCUT2D eigenvalue weighted by Crippen LogP contribution is -2.15. The SMILES string of the molecule is CCCCC(CC)CC(N)c1cccc(OCC)c1. The molecule has 1 aromatic rings. The third-order valence-corrected chi connectivity index (χ3v) is 3.73. The number of benzene rings is 1. The van der Waals surface area contributed by atoms with Gasteiger partial charge in [-0.25, -0.2) is 0 Å². The van der Waals surface area contributed by atoms with Gasteiger partial charge in [-0.3, -0.25) is 0 Å². The topological polar surface area (TPSA) is 35.2 Å². The van der Waals surface area contributed by atoms with Gasteiger partial charge in [-0.15, -0.1) is 0 Å².